The average molecular weight is 709 g/mol. The largest absolute Gasteiger partial charge is 0.464 e. The molecule has 50 heavy (non-hydrogen) atoms. The minimum absolute atomic E-state index is 0.0488. The number of aliphatic hydroxyl groups excluding tert-OH is 1. The fourth-order valence-corrected chi connectivity index (χ4v) is 9.46. The molecule has 4 fully saturated rings. The zero-order chi connectivity index (χ0) is 36.8. The van der Waals surface area contributed by atoms with Gasteiger partial charge < -0.3 is 34.2 Å². The normalized spacial score (nSPS) is 36.9. The Morgan fingerprint density at radius 2 is 1.84 bits per heavy atom. The summed E-state index contributed by atoms with van der Waals surface area (Å²) in [5, 5.41) is 23.4. The van der Waals surface area contributed by atoms with Crippen molar-refractivity contribution in [3.8, 4) is 0 Å². The molecule has 16 heteroatoms. The van der Waals surface area contributed by atoms with E-state index in [1.807, 2.05) is 13.8 Å². The predicted molar refractivity (Wildman–Crippen MR) is 168 cm³/mol. The summed E-state index contributed by atoms with van der Waals surface area (Å²) in [6.07, 6.45) is 1.46. The van der Waals surface area contributed by atoms with Crippen molar-refractivity contribution in [1.82, 2.24) is 5.32 Å². The minimum atomic E-state index is -1.66. The van der Waals surface area contributed by atoms with E-state index in [2.05, 4.69) is 10.2 Å². The van der Waals surface area contributed by atoms with E-state index >= 15 is 4.39 Å². The van der Waals surface area contributed by atoms with E-state index in [1.54, 1.807) is 19.9 Å². The van der Waals surface area contributed by atoms with Gasteiger partial charge in [-0.05, 0) is 75.5 Å². The van der Waals surface area contributed by atoms with Gasteiger partial charge in [0.15, 0.2) is 23.8 Å². The van der Waals surface area contributed by atoms with Gasteiger partial charge in [0.2, 0.25) is 11.7 Å². The first kappa shape index (κ1) is 37.5. The summed E-state index contributed by atoms with van der Waals surface area (Å²) in [6.45, 7) is 7.02. The second kappa shape index (κ2) is 13.8. The van der Waals surface area contributed by atoms with Crippen LogP contribution in [-0.4, -0.2) is 95.2 Å². The van der Waals surface area contributed by atoms with E-state index in [4.69, 9.17) is 18.9 Å². The number of hydrogen-bond donors (Lipinski definition) is 2. The van der Waals surface area contributed by atoms with E-state index in [0.29, 0.717) is 12.0 Å². The lowest BCUT2D eigenvalue weighted by atomic mass is 9.46. The number of hydrogen-bond acceptors (Lipinski definition) is 13. The van der Waals surface area contributed by atoms with Gasteiger partial charge in [-0.15, -0.1) is 10.1 Å². The summed E-state index contributed by atoms with van der Waals surface area (Å²) >= 11 is 0. The molecule has 1 amide bonds. The Kier molecular flexibility index (Phi) is 10.3. The number of carbonyl (C=O) groups is 5. The number of ketones is 2. The SMILES string of the molecule is CC(=O)NC(CC(=O)OCC(=O)[C@@]12OC(C)(C)O[C@@H]1C[C@H]1[C@@H]3C[C@H](F)C4=CC(=O)C=C[C@]4(C)[C@H]3[C@@H](O)C[C@@]12C)C(=O)OCCCCO[N+](=O)[O-]. The van der Waals surface area contributed by atoms with Gasteiger partial charge in [-0.1, -0.05) is 19.9 Å². The van der Waals surface area contributed by atoms with Crippen LogP contribution in [0.15, 0.2) is 23.8 Å². The third-order valence-corrected chi connectivity index (χ3v) is 11.3. The van der Waals surface area contributed by atoms with E-state index in [0.717, 1.165) is 6.92 Å². The van der Waals surface area contributed by atoms with Crippen LogP contribution in [0.4, 0.5) is 4.39 Å². The molecule has 5 aliphatic rings. The Bertz CT molecular complexity index is 1500. The number of nitrogens with one attached hydrogen (secondary N) is 1. The second-order valence-electron chi connectivity index (χ2n) is 14.9. The first-order valence-electron chi connectivity index (χ1n) is 16.9. The number of fused-ring (bicyclic) bond motifs is 7. The highest BCUT2D eigenvalue weighted by atomic mass is 19.1. The van der Waals surface area contributed by atoms with Crippen LogP contribution in [0.25, 0.3) is 0 Å². The van der Waals surface area contributed by atoms with Gasteiger partial charge in [0.1, 0.15) is 12.2 Å². The van der Waals surface area contributed by atoms with Gasteiger partial charge in [-0.2, -0.15) is 0 Å². The van der Waals surface area contributed by atoms with Crippen molar-refractivity contribution in [2.24, 2.45) is 28.6 Å². The number of esters is 2. The van der Waals surface area contributed by atoms with Crippen molar-refractivity contribution in [2.75, 3.05) is 19.8 Å². The molecule has 0 spiro atoms. The van der Waals surface area contributed by atoms with Crippen LogP contribution < -0.4 is 5.32 Å². The predicted octanol–water partition coefficient (Wildman–Crippen LogP) is 2.25. The molecule has 3 saturated carbocycles. The number of aliphatic hydroxyl groups is 1. The number of ether oxygens (including phenoxy) is 4. The quantitative estimate of drug-likeness (QED) is 0.122. The van der Waals surface area contributed by atoms with E-state index < -0.39 is 100 Å². The van der Waals surface area contributed by atoms with E-state index in [1.165, 1.54) is 12.2 Å². The standard InChI is InChI=1S/C34H45FN2O13/c1-18(38)36-24(30(43)46-10-6-7-11-48-37(44)45)15-28(42)47-17-26(41)34-27(49-31(2,3)50-34)14-21-20-13-23(35)22-12-19(39)8-9-32(22,4)29(20)25(40)16-33(21,34)5/h8-9,12,20-21,23-25,27,29,40H,6-7,10-11,13-17H2,1-5H3,(H,36,38)/t20-,21-,23-,24?,25-,27+,29+,32-,33-,34+/m0/s1. The molecule has 1 heterocycles. The van der Waals surface area contributed by atoms with Gasteiger partial charge >= 0.3 is 11.9 Å². The number of Topliss-reactive ketones (excluding diaryl/α,β-unsaturated/α-hetero) is 1. The monoisotopic (exact) mass is 708 g/mol. The number of allylic oxidation sites excluding steroid dienone is 4. The van der Waals surface area contributed by atoms with Gasteiger partial charge in [0.05, 0.1) is 31.8 Å². The molecule has 2 N–H and O–H groups in total. The second-order valence-corrected chi connectivity index (χ2v) is 14.9. The molecule has 1 aliphatic heterocycles. The van der Waals surface area contributed by atoms with Crippen LogP contribution in [0.2, 0.25) is 0 Å². The van der Waals surface area contributed by atoms with Crippen LogP contribution >= 0.6 is 0 Å². The Morgan fingerprint density at radius 1 is 1.14 bits per heavy atom. The van der Waals surface area contributed by atoms with Gasteiger partial charge in [0.25, 0.3) is 5.09 Å². The summed E-state index contributed by atoms with van der Waals surface area (Å²) in [7, 11) is 0. The van der Waals surface area contributed by atoms with E-state index in [-0.39, 0.29) is 50.6 Å². The molecule has 0 aromatic carbocycles. The van der Waals surface area contributed by atoms with Crippen LogP contribution in [0, 0.1) is 38.7 Å². The van der Waals surface area contributed by atoms with Crippen molar-refractivity contribution in [2.45, 2.75) is 109 Å². The Labute approximate surface area is 288 Å². The number of amides is 1. The maximum absolute atomic E-state index is 15.9. The molecule has 0 aromatic heterocycles. The fraction of sp³-hybridized carbons (Fsp3) is 0.735. The zero-order valence-electron chi connectivity index (χ0n) is 28.8. The molecule has 1 saturated heterocycles. The number of rotatable bonds is 13. The van der Waals surface area contributed by atoms with Crippen LogP contribution in [0.3, 0.4) is 0 Å². The van der Waals surface area contributed by atoms with Crippen molar-refractivity contribution in [3.63, 3.8) is 0 Å². The number of alkyl halides is 1. The van der Waals surface area contributed by atoms with Crippen molar-refractivity contribution < 1.29 is 62.3 Å². The zero-order valence-corrected chi connectivity index (χ0v) is 28.8. The van der Waals surface area contributed by atoms with E-state index in [9.17, 15) is 39.2 Å². The van der Waals surface area contributed by atoms with Gasteiger partial charge in [-0.3, -0.25) is 19.2 Å². The number of nitrogens with zero attached hydrogens (tertiary/aromatic N) is 1. The lowest BCUT2D eigenvalue weighted by Gasteiger charge is -2.60. The third kappa shape index (κ3) is 6.68. The molecule has 15 nitrogen and oxygen atoms in total. The molecular formula is C34H45FN2O13. The van der Waals surface area contributed by atoms with Crippen molar-refractivity contribution in [1.29, 1.82) is 0 Å². The molecule has 10 atom stereocenters. The fourth-order valence-electron chi connectivity index (χ4n) is 9.46. The topological polar surface area (TPSA) is 207 Å². The Hall–Kier alpha value is -3.76. The smallest absolute Gasteiger partial charge is 0.329 e. The Balaban J connectivity index is 1.30. The maximum Gasteiger partial charge on any atom is 0.329 e. The Morgan fingerprint density at radius 3 is 2.52 bits per heavy atom. The maximum atomic E-state index is 15.9. The lowest BCUT2D eigenvalue weighted by molar-refractivity contribution is -0.757. The molecule has 4 aliphatic carbocycles. The first-order valence-corrected chi connectivity index (χ1v) is 16.9. The van der Waals surface area contributed by atoms with Crippen molar-refractivity contribution in [3.05, 3.63) is 33.9 Å². The van der Waals surface area contributed by atoms with Crippen molar-refractivity contribution >= 4 is 29.4 Å². The molecule has 5 rings (SSSR count). The molecule has 0 bridgehead atoms. The summed E-state index contributed by atoms with van der Waals surface area (Å²) in [6, 6.07) is -1.43. The van der Waals surface area contributed by atoms with Crippen LogP contribution in [0.1, 0.15) is 73.1 Å². The summed E-state index contributed by atoms with van der Waals surface area (Å²) in [5.41, 5.74) is -3.28. The summed E-state index contributed by atoms with van der Waals surface area (Å²) < 4.78 is 39.1. The molecular weight excluding hydrogens is 663 g/mol. The summed E-state index contributed by atoms with van der Waals surface area (Å²) in [4.78, 5) is 78.3. The number of halogens is 1. The van der Waals surface area contributed by atoms with Crippen LogP contribution in [-0.2, 0) is 47.8 Å². The van der Waals surface area contributed by atoms with Crippen LogP contribution in [0.5, 0.6) is 0 Å². The highest BCUT2D eigenvalue weighted by molar-refractivity contribution is 6.01. The number of carbonyl (C=O) groups excluding carboxylic acids is 5. The third-order valence-electron chi connectivity index (χ3n) is 11.3. The number of unbranched alkanes of at least 4 members (excludes halogenated alkanes) is 1. The molecule has 1 unspecified atom stereocenters. The molecule has 276 valence electrons. The molecule has 0 radical (unpaired) electrons. The lowest BCUT2D eigenvalue weighted by Crippen LogP contribution is -2.64. The average Bonchev–Trinajstić information content (AvgIpc) is 3.42. The molecule has 0 aromatic rings. The van der Waals surface area contributed by atoms with Gasteiger partial charge in [-0.25, -0.2) is 9.18 Å². The highest BCUT2D eigenvalue weighted by Gasteiger charge is 2.77. The minimum Gasteiger partial charge on any atom is -0.464 e. The first-order chi connectivity index (χ1) is 23.3. The van der Waals surface area contributed by atoms with Gasteiger partial charge in [0, 0.05) is 23.7 Å². The highest BCUT2D eigenvalue weighted by Crippen LogP contribution is 2.70. The summed E-state index contributed by atoms with van der Waals surface area (Å²) in [5.74, 6) is -5.83.